The number of esters is 1. The lowest BCUT2D eigenvalue weighted by molar-refractivity contribution is -0.870. The first-order valence-electron chi connectivity index (χ1n) is 25.7. The minimum absolute atomic E-state index is 0.0791. The van der Waals surface area contributed by atoms with E-state index in [4.69, 9.17) is 18.5 Å². The van der Waals surface area contributed by atoms with E-state index < -0.39 is 13.9 Å². The van der Waals surface area contributed by atoms with Crippen molar-refractivity contribution in [3.8, 4) is 0 Å². The molecule has 0 spiro atoms. The summed E-state index contributed by atoms with van der Waals surface area (Å²) in [5, 5.41) is 0. The normalized spacial score (nSPS) is 14.2. The second-order valence-corrected chi connectivity index (χ2v) is 19.6. The second kappa shape index (κ2) is 46.5. The first kappa shape index (κ1) is 60.9. The van der Waals surface area contributed by atoms with Crippen LogP contribution in [0.4, 0.5) is 0 Å². The van der Waals surface area contributed by atoms with Crippen molar-refractivity contribution in [3.05, 3.63) is 72.9 Å². The van der Waals surface area contributed by atoms with Crippen LogP contribution in [0.3, 0.4) is 0 Å². The van der Waals surface area contributed by atoms with Gasteiger partial charge in [-0.2, -0.15) is 0 Å². The van der Waals surface area contributed by atoms with Crippen LogP contribution < -0.4 is 0 Å². The zero-order valence-electron chi connectivity index (χ0n) is 41.5. The molecule has 63 heavy (non-hydrogen) atoms. The molecular weight excluding hydrogens is 806 g/mol. The molecule has 0 aliphatic heterocycles. The molecule has 0 bridgehead atoms. The van der Waals surface area contributed by atoms with Gasteiger partial charge in [-0.25, -0.2) is 4.57 Å². The second-order valence-electron chi connectivity index (χ2n) is 18.2. The van der Waals surface area contributed by atoms with E-state index >= 15 is 0 Å². The summed E-state index contributed by atoms with van der Waals surface area (Å²) in [5.41, 5.74) is 0. The highest BCUT2D eigenvalue weighted by Gasteiger charge is 2.26. The van der Waals surface area contributed by atoms with Gasteiger partial charge >= 0.3 is 13.8 Å². The van der Waals surface area contributed by atoms with E-state index in [9.17, 15) is 14.3 Å². The summed E-state index contributed by atoms with van der Waals surface area (Å²) < 4.78 is 35.1. The Morgan fingerprint density at radius 2 is 0.921 bits per heavy atom. The van der Waals surface area contributed by atoms with Crippen LogP contribution in [0.15, 0.2) is 72.9 Å². The van der Waals surface area contributed by atoms with E-state index in [0.717, 1.165) is 77.0 Å². The first-order chi connectivity index (χ1) is 30.6. The molecule has 9 heteroatoms. The summed E-state index contributed by atoms with van der Waals surface area (Å²) in [7, 11) is 1.64. The fourth-order valence-corrected chi connectivity index (χ4v) is 7.55. The summed E-state index contributed by atoms with van der Waals surface area (Å²) >= 11 is 0. The molecule has 0 amide bonds. The van der Waals surface area contributed by atoms with Crippen LogP contribution in [0.5, 0.6) is 0 Å². The van der Waals surface area contributed by atoms with E-state index in [2.05, 4.69) is 86.8 Å². The summed E-state index contributed by atoms with van der Waals surface area (Å²) in [6, 6.07) is 0. The van der Waals surface area contributed by atoms with Crippen molar-refractivity contribution < 1.29 is 37.3 Å². The molecule has 0 aromatic carbocycles. The Balaban J connectivity index is 4.15. The van der Waals surface area contributed by atoms with Gasteiger partial charge in [-0.3, -0.25) is 13.8 Å². The van der Waals surface area contributed by atoms with Gasteiger partial charge < -0.3 is 18.9 Å². The quantitative estimate of drug-likeness (QED) is 0.0214. The van der Waals surface area contributed by atoms with Crippen LogP contribution >= 0.6 is 7.82 Å². The molecule has 0 aromatic heterocycles. The third-order valence-electron chi connectivity index (χ3n) is 10.8. The van der Waals surface area contributed by atoms with E-state index in [1.54, 1.807) is 0 Å². The third kappa shape index (κ3) is 50.8. The van der Waals surface area contributed by atoms with Crippen LogP contribution in [-0.2, 0) is 27.9 Å². The standard InChI is InChI=1S/C54H98NO7P/c1-6-8-10-12-14-16-18-20-22-24-25-26-27-28-29-30-31-32-33-35-37-39-41-43-45-47-54(56)62-53(52-61-63(57,58)60-50-48-55(3,4)5)51-59-49-46-44-42-40-38-36-34-23-21-19-17-15-13-11-9-7-2/h9,11,15,17-18,20-21,23-25,36,38,53H,6-8,10,12-14,16,19,22,26-35,37,39-52H2,1-5H3/p+1/b11-9-,17-15-,20-18-,23-21-,25-24-,38-36-. The van der Waals surface area contributed by atoms with Crippen LogP contribution in [-0.4, -0.2) is 75.6 Å². The number of unbranched alkanes of at least 4 members (excludes halogenated alkanes) is 21. The van der Waals surface area contributed by atoms with E-state index in [1.807, 2.05) is 21.1 Å². The Labute approximate surface area is 389 Å². The van der Waals surface area contributed by atoms with Gasteiger partial charge in [0.05, 0.1) is 34.4 Å². The molecule has 366 valence electrons. The minimum Gasteiger partial charge on any atom is -0.457 e. The predicted octanol–water partition coefficient (Wildman–Crippen LogP) is 15.8. The Kier molecular flexibility index (Phi) is 44.9. The van der Waals surface area contributed by atoms with Crippen molar-refractivity contribution in [1.29, 1.82) is 0 Å². The number of phosphoric acid groups is 1. The monoisotopic (exact) mass is 905 g/mol. The van der Waals surface area contributed by atoms with Crippen molar-refractivity contribution >= 4 is 13.8 Å². The maximum atomic E-state index is 12.8. The van der Waals surface area contributed by atoms with Gasteiger partial charge in [0.25, 0.3) is 0 Å². The van der Waals surface area contributed by atoms with Gasteiger partial charge in [-0.1, -0.05) is 189 Å². The number of ether oxygens (including phenoxy) is 2. The molecular formula is C54H99NO7P+. The largest absolute Gasteiger partial charge is 0.472 e. The Morgan fingerprint density at radius 1 is 0.508 bits per heavy atom. The Morgan fingerprint density at radius 3 is 1.38 bits per heavy atom. The molecule has 8 nitrogen and oxygen atoms in total. The third-order valence-corrected chi connectivity index (χ3v) is 11.7. The number of carbonyl (C=O) groups is 1. The van der Waals surface area contributed by atoms with Crippen molar-refractivity contribution in [2.75, 3.05) is 54.1 Å². The molecule has 1 N–H and O–H groups in total. The summed E-state index contributed by atoms with van der Waals surface area (Å²) in [4.78, 5) is 23.0. The molecule has 0 saturated heterocycles. The molecule has 0 aromatic rings. The van der Waals surface area contributed by atoms with Crippen molar-refractivity contribution in [1.82, 2.24) is 0 Å². The summed E-state index contributed by atoms with van der Waals surface area (Å²) in [5.74, 6) is -0.327. The maximum absolute atomic E-state index is 12.8. The molecule has 0 radical (unpaired) electrons. The minimum atomic E-state index is -4.29. The van der Waals surface area contributed by atoms with Crippen LogP contribution in [0.2, 0.25) is 0 Å². The first-order valence-corrected chi connectivity index (χ1v) is 27.2. The summed E-state index contributed by atoms with van der Waals surface area (Å²) in [6.07, 6.45) is 61.0. The Bertz CT molecular complexity index is 1230. The molecule has 0 saturated carbocycles. The van der Waals surface area contributed by atoms with E-state index in [0.29, 0.717) is 24.1 Å². The summed E-state index contributed by atoms with van der Waals surface area (Å²) in [6.45, 7) is 5.42. The van der Waals surface area contributed by atoms with Gasteiger partial charge in [0.15, 0.2) is 0 Å². The van der Waals surface area contributed by atoms with Gasteiger partial charge in [-0.15, -0.1) is 0 Å². The zero-order valence-corrected chi connectivity index (χ0v) is 42.4. The number of rotatable bonds is 47. The number of phosphoric ester groups is 1. The van der Waals surface area contributed by atoms with Gasteiger partial charge in [0, 0.05) is 13.0 Å². The molecule has 0 heterocycles. The number of nitrogens with zero attached hydrogens (tertiary/aromatic N) is 1. The van der Waals surface area contributed by atoms with Gasteiger partial charge in [-0.05, 0) is 83.5 Å². The fraction of sp³-hybridized carbons (Fsp3) is 0.759. The lowest BCUT2D eigenvalue weighted by atomic mass is 10.0. The lowest BCUT2D eigenvalue weighted by Crippen LogP contribution is -2.37. The average molecular weight is 905 g/mol. The number of hydrogen-bond acceptors (Lipinski definition) is 6. The molecule has 0 aliphatic rings. The molecule has 0 rings (SSSR count). The van der Waals surface area contributed by atoms with Gasteiger partial charge in [0.1, 0.15) is 19.3 Å². The van der Waals surface area contributed by atoms with Crippen LogP contribution in [0, 0.1) is 0 Å². The van der Waals surface area contributed by atoms with E-state index in [1.165, 1.54) is 109 Å². The van der Waals surface area contributed by atoms with Crippen LogP contribution in [0.25, 0.3) is 0 Å². The topological polar surface area (TPSA) is 91.3 Å². The molecule has 0 aliphatic carbocycles. The van der Waals surface area contributed by atoms with Gasteiger partial charge in [0.2, 0.25) is 0 Å². The predicted molar refractivity (Wildman–Crippen MR) is 270 cm³/mol. The number of quaternary nitrogens is 1. The molecule has 0 fully saturated rings. The van der Waals surface area contributed by atoms with E-state index in [-0.39, 0.29) is 25.8 Å². The maximum Gasteiger partial charge on any atom is 0.472 e. The highest BCUT2D eigenvalue weighted by Crippen LogP contribution is 2.43. The Hall–Kier alpha value is -2.06. The zero-order chi connectivity index (χ0) is 46.2. The smallest absolute Gasteiger partial charge is 0.457 e. The number of carbonyl (C=O) groups excluding carboxylic acids is 1. The van der Waals surface area contributed by atoms with Crippen molar-refractivity contribution in [2.24, 2.45) is 0 Å². The molecule has 2 unspecified atom stereocenters. The van der Waals surface area contributed by atoms with Crippen molar-refractivity contribution in [3.63, 3.8) is 0 Å². The fourth-order valence-electron chi connectivity index (χ4n) is 6.81. The average Bonchev–Trinajstić information content (AvgIpc) is 3.24. The molecule has 2 atom stereocenters. The highest BCUT2D eigenvalue weighted by atomic mass is 31.2. The number of likely N-dealkylation sites (N-methyl/N-ethyl adjacent to an activating group) is 1. The van der Waals surface area contributed by atoms with Crippen molar-refractivity contribution in [2.45, 2.75) is 213 Å². The highest BCUT2D eigenvalue weighted by molar-refractivity contribution is 7.47. The van der Waals surface area contributed by atoms with Crippen LogP contribution in [0.1, 0.15) is 206 Å². The number of hydrogen-bond donors (Lipinski definition) is 1. The SMILES string of the molecule is CC/C=C\C/C=C\C/C=C\C/C=C\CCCCCOCC(COP(=O)(O)OCC[N+](C)(C)C)OC(=O)CCCCCCCCCCCCCCC/C=C\C/C=C\CCCCCCC. The lowest BCUT2D eigenvalue weighted by Gasteiger charge is -2.24. The number of allylic oxidation sites excluding steroid dienone is 12.